The van der Waals surface area contributed by atoms with Gasteiger partial charge in [0.2, 0.25) is 0 Å². The molecule has 1 aliphatic rings. The van der Waals surface area contributed by atoms with E-state index in [2.05, 4.69) is 10.6 Å². The van der Waals surface area contributed by atoms with Crippen LogP contribution in [0, 0.1) is 5.92 Å². The third-order valence-electron chi connectivity index (χ3n) is 4.73. The van der Waals surface area contributed by atoms with Gasteiger partial charge in [-0.1, -0.05) is 37.5 Å². The Kier molecular flexibility index (Phi) is 5.83. The van der Waals surface area contributed by atoms with E-state index in [1.54, 1.807) is 36.4 Å². The largest absolute Gasteiger partial charge is 0.385 e. The molecule has 0 radical (unpaired) electrons. The first kappa shape index (κ1) is 17.2. The molecule has 0 heterocycles. The van der Waals surface area contributed by atoms with E-state index in [1.165, 1.54) is 32.1 Å². The van der Waals surface area contributed by atoms with E-state index < -0.39 is 0 Å². The van der Waals surface area contributed by atoms with Crippen LogP contribution < -0.4 is 10.6 Å². The van der Waals surface area contributed by atoms with E-state index in [-0.39, 0.29) is 11.8 Å². The minimum absolute atomic E-state index is 0.382. The average molecular weight is 336 g/mol. The number of hydrogen-bond acceptors (Lipinski definition) is 3. The lowest BCUT2D eigenvalue weighted by molar-refractivity contribution is 0.0849. The van der Waals surface area contributed by atoms with Gasteiger partial charge in [-0.25, -0.2) is 0 Å². The Morgan fingerprint density at radius 1 is 0.800 bits per heavy atom. The first-order valence-corrected chi connectivity index (χ1v) is 8.97. The van der Waals surface area contributed by atoms with Crippen molar-refractivity contribution in [2.75, 3.05) is 11.9 Å². The molecule has 3 rings (SSSR count). The molecule has 1 aliphatic carbocycles. The quantitative estimate of drug-likeness (QED) is 0.803. The van der Waals surface area contributed by atoms with Crippen molar-refractivity contribution < 1.29 is 9.59 Å². The van der Waals surface area contributed by atoms with E-state index in [9.17, 15) is 9.59 Å². The van der Waals surface area contributed by atoms with Crippen LogP contribution in [-0.4, -0.2) is 18.4 Å². The molecule has 4 nitrogen and oxygen atoms in total. The second kappa shape index (κ2) is 8.47. The van der Waals surface area contributed by atoms with Gasteiger partial charge in [-0.2, -0.15) is 0 Å². The van der Waals surface area contributed by atoms with Crippen molar-refractivity contribution in [3.63, 3.8) is 0 Å². The maximum absolute atomic E-state index is 12.2. The van der Waals surface area contributed by atoms with Crippen LogP contribution in [0.3, 0.4) is 0 Å². The molecule has 2 aromatic rings. The van der Waals surface area contributed by atoms with Gasteiger partial charge in [-0.05, 0) is 55.2 Å². The van der Waals surface area contributed by atoms with Gasteiger partial charge in [-0.3, -0.25) is 14.9 Å². The number of imide groups is 1. The second-order valence-electron chi connectivity index (χ2n) is 6.61. The Morgan fingerprint density at radius 2 is 1.40 bits per heavy atom. The van der Waals surface area contributed by atoms with Crippen LogP contribution in [0.5, 0.6) is 0 Å². The fraction of sp³-hybridized carbons (Fsp3) is 0.333. The number of carbonyl (C=O) groups is 2. The zero-order valence-electron chi connectivity index (χ0n) is 14.3. The van der Waals surface area contributed by atoms with Crippen molar-refractivity contribution >= 4 is 17.5 Å². The summed E-state index contributed by atoms with van der Waals surface area (Å²) >= 11 is 0. The predicted molar refractivity (Wildman–Crippen MR) is 99.7 cm³/mol. The maximum Gasteiger partial charge on any atom is 0.258 e. The molecule has 0 bridgehead atoms. The number of amides is 2. The van der Waals surface area contributed by atoms with Gasteiger partial charge in [0, 0.05) is 23.4 Å². The topological polar surface area (TPSA) is 58.2 Å². The molecular formula is C21H24N2O2. The Morgan fingerprint density at radius 3 is 2.04 bits per heavy atom. The highest BCUT2D eigenvalue weighted by Crippen LogP contribution is 2.24. The fourth-order valence-corrected chi connectivity index (χ4v) is 3.23. The molecule has 1 saturated carbocycles. The number of anilines is 1. The molecule has 0 aromatic heterocycles. The van der Waals surface area contributed by atoms with Gasteiger partial charge in [0.15, 0.2) is 0 Å². The number of benzene rings is 2. The van der Waals surface area contributed by atoms with Gasteiger partial charge < -0.3 is 5.32 Å². The summed E-state index contributed by atoms with van der Waals surface area (Å²) in [5.74, 6) is -0.0157. The molecule has 0 atom stereocenters. The molecule has 2 N–H and O–H groups in total. The summed E-state index contributed by atoms with van der Waals surface area (Å²) in [6.45, 7) is 0.984. The summed E-state index contributed by atoms with van der Waals surface area (Å²) in [5, 5.41) is 5.87. The predicted octanol–water partition coefficient (Wildman–Crippen LogP) is 4.25. The van der Waals surface area contributed by atoms with Crippen molar-refractivity contribution in [3.8, 4) is 0 Å². The van der Waals surface area contributed by atoms with E-state index in [1.807, 2.05) is 18.2 Å². The highest BCUT2D eigenvalue weighted by molar-refractivity contribution is 6.10. The molecule has 0 aliphatic heterocycles. The summed E-state index contributed by atoms with van der Waals surface area (Å²) in [6.07, 6.45) is 6.63. The van der Waals surface area contributed by atoms with Crippen LogP contribution in [0.1, 0.15) is 52.8 Å². The van der Waals surface area contributed by atoms with Crippen LogP contribution in [-0.2, 0) is 0 Å². The van der Waals surface area contributed by atoms with Crippen LogP contribution >= 0.6 is 0 Å². The zero-order valence-corrected chi connectivity index (χ0v) is 14.3. The van der Waals surface area contributed by atoms with Crippen molar-refractivity contribution in [2.24, 2.45) is 5.92 Å². The van der Waals surface area contributed by atoms with Gasteiger partial charge >= 0.3 is 0 Å². The van der Waals surface area contributed by atoms with Crippen molar-refractivity contribution in [3.05, 3.63) is 65.7 Å². The van der Waals surface area contributed by atoms with Gasteiger partial charge in [0.05, 0.1) is 0 Å². The lowest BCUT2D eigenvalue weighted by Gasteiger charge is -2.22. The smallest absolute Gasteiger partial charge is 0.258 e. The summed E-state index contributed by atoms with van der Waals surface area (Å²) in [5.41, 5.74) is 1.96. The average Bonchev–Trinajstić information content (AvgIpc) is 2.68. The number of carbonyl (C=O) groups excluding carboxylic acids is 2. The van der Waals surface area contributed by atoms with Gasteiger partial charge in [0.1, 0.15) is 0 Å². The molecule has 4 heteroatoms. The second-order valence-corrected chi connectivity index (χ2v) is 6.61. The normalized spacial score (nSPS) is 14.7. The van der Waals surface area contributed by atoms with Crippen LogP contribution in [0.2, 0.25) is 0 Å². The molecule has 0 saturated heterocycles. The highest BCUT2D eigenvalue weighted by Gasteiger charge is 2.14. The summed E-state index contributed by atoms with van der Waals surface area (Å²) < 4.78 is 0. The number of nitrogens with one attached hydrogen (secondary N) is 2. The van der Waals surface area contributed by atoms with E-state index in [0.717, 1.165) is 18.2 Å². The lowest BCUT2D eigenvalue weighted by Crippen LogP contribution is -2.30. The monoisotopic (exact) mass is 336 g/mol. The molecule has 2 aromatic carbocycles. The Balaban J connectivity index is 1.52. The molecular weight excluding hydrogens is 312 g/mol. The van der Waals surface area contributed by atoms with Crippen molar-refractivity contribution in [1.82, 2.24) is 5.32 Å². The van der Waals surface area contributed by atoms with E-state index >= 15 is 0 Å². The van der Waals surface area contributed by atoms with Gasteiger partial charge in [0.25, 0.3) is 11.8 Å². The Labute approximate surface area is 148 Å². The fourth-order valence-electron chi connectivity index (χ4n) is 3.23. The first-order chi connectivity index (χ1) is 12.2. The Hall–Kier alpha value is -2.62. The number of rotatable bonds is 5. The molecule has 130 valence electrons. The number of hydrogen-bond donors (Lipinski definition) is 2. The molecule has 1 fully saturated rings. The van der Waals surface area contributed by atoms with Crippen molar-refractivity contribution in [1.29, 1.82) is 0 Å². The molecule has 0 spiro atoms. The van der Waals surface area contributed by atoms with Crippen molar-refractivity contribution in [2.45, 2.75) is 32.1 Å². The minimum Gasteiger partial charge on any atom is -0.385 e. The first-order valence-electron chi connectivity index (χ1n) is 8.97. The van der Waals surface area contributed by atoms with Gasteiger partial charge in [-0.15, -0.1) is 0 Å². The SMILES string of the molecule is O=C(NC(=O)c1ccc(NCC2CCCCC2)cc1)c1ccccc1. The van der Waals surface area contributed by atoms with Crippen LogP contribution in [0.15, 0.2) is 54.6 Å². The molecule has 0 unspecified atom stereocenters. The minimum atomic E-state index is -0.384. The third-order valence-corrected chi connectivity index (χ3v) is 4.73. The van der Waals surface area contributed by atoms with E-state index in [4.69, 9.17) is 0 Å². The molecule has 25 heavy (non-hydrogen) atoms. The third kappa shape index (κ3) is 4.92. The van der Waals surface area contributed by atoms with Crippen LogP contribution in [0.4, 0.5) is 5.69 Å². The maximum atomic E-state index is 12.2. The summed E-state index contributed by atoms with van der Waals surface area (Å²) in [4.78, 5) is 24.2. The standard InChI is InChI=1S/C21H24N2O2/c24-20(17-9-5-2-6-10-17)23-21(25)18-11-13-19(14-12-18)22-15-16-7-3-1-4-8-16/h2,5-6,9-14,16,22H,1,3-4,7-8,15H2,(H,23,24,25). The molecule has 2 amide bonds. The zero-order chi connectivity index (χ0) is 17.5. The summed E-state index contributed by atoms with van der Waals surface area (Å²) in [7, 11) is 0. The Bertz CT molecular complexity index is 704. The van der Waals surface area contributed by atoms with Crippen LogP contribution in [0.25, 0.3) is 0 Å². The summed E-state index contributed by atoms with van der Waals surface area (Å²) in [6, 6.07) is 16.0. The highest BCUT2D eigenvalue weighted by atomic mass is 16.2. The van der Waals surface area contributed by atoms with E-state index in [0.29, 0.717) is 11.1 Å². The lowest BCUT2D eigenvalue weighted by atomic mass is 9.89.